The van der Waals surface area contributed by atoms with E-state index in [-0.39, 0.29) is 0 Å². The van der Waals surface area contributed by atoms with Crippen molar-refractivity contribution in [3.05, 3.63) is 24.6 Å². The minimum Gasteiger partial charge on any atom is -0.383 e. The molecule has 0 N–H and O–H groups in total. The van der Waals surface area contributed by atoms with E-state index in [2.05, 4.69) is 35.7 Å². The van der Waals surface area contributed by atoms with Gasteiger partial charge in [-0.1, -0.05) is 6.58 Å². The normalized spacial score (nSPS) is 19.3. The molecule has 0 saturated carbocycles. The van der Waals surface area contributed by atoms with E-state index in [1.54, 1.807) is 0 Å². The predicted molar refractivity (Wildman–Crippen MR) is 65.7 cm³/mol. The number of likely N-dealkylation sites (N-methyl/N-ethyl adjacent to an activating group) is 1. The molecular weight excluding hydrogens is 186 g/mol. The van der Waals surface area contributed by atoms with E-state index in [1.807, 2.05) is 19.0 Å². The van der Waals surface area contributed by atoms with Gasteiger partial charge >= 0.3 is 0 Å². The molecule has 0 aromatic carbocycles. The van der Waals surface area contributed by atoms with Crippen LogP contribution in [-0.2, 0) is 0 Å². The molecule has 1 fully saturated rings. The summed E-state index contributed by atoms with van der Waals surface area (Å²) in [5.74, 6) is 0. The minimum absolute atomic E-state index is 1.09. The van der Waals surface area contributed by atoms with Crippen molar-refractivity contribution in [2.75, 3.05) is 47.3 Å². The summed E-state index contributed by atoms with van der Waals surface area (Å²) in [5, 5.41) is 0. The Kier molecular flexibility index (Phi) is 4.69. The quantitative estimate of drug-likeness (QED) is 0.647. The SMILES string of the molecule is C=C(/C=C\N(C)C)N1CCCN(C)CC1. The van der Waals surface area contributed by atoms with Gasteiger partial charge in [-0.3, -0.25) is 0 Å². The Morgan fingerprint density at radius 2 is 1.93 bits per heavy atom. The second-order valence-corrected chi connectivity index (χ2v) is 4.41. The maximum atomic E-state index is 4.11. The maximum absolute atomic E-state index is 4.11. The van der Waals surface area contributed by atoms with E-state index in [1.165, 1.54) is 13.0 Å². The maximum Gasteiger partial charge on any atom is 0.0308 e. The lowest BCUT2D eigenvalue weighted by Gasteiger charge is -2.23. The molecular formula is C12H23N3. The molecule has 1 saturated heterocycles. The van der Waals surface area contributed by atoms with E-state index in [9.17, 15) is 0 Å². The van der Waals surface area contributed by atoms with Gasteiger partial charge in [0, 0.05) is 45.6 Å². The highest BCUT2D eigenvalue weighted by molar-refractivity contribution is 5.13. The van der Waals surface area contributed by atoms with Crippen LogP contribution in [0.4, 0.5) is 0 Å². The van der Waals surface area contributed by atoms with Crippen LogP contribution in [0.25, 0.3) is 0 Å². The van der Waals surface area contributed by atoms with Crippen molar-refractivity contribution in [3.8, 4) is 0 Å². The molecule has 15 heavy (non-hydrogen) atoms. The molecule has 3 nitrogen and oxygen atoms in total. The zero-order chi connectivity index (χ0) is 11.3. The third kappa shape index (κ3) is 4.38. The average molecular weight is 209 g/mol. The first-order valence-electron chi connectivity index (χ1n) is 5.56. The average Bonchev–Trinajstić information content (AvgIpc) is 2.39. The fourth-order valence-electron chi connectivity index (χ4n) is 1.67. The lowest BCUT2D eigenvalue weighted by Crippen LogP contribution is -2.27. The summed E-state index contributed by atoms with van der Waals surface area (Å²) < 4.78 is 0. The van der Waals surface area contributed by atoms with Gasteiger partial charge in [-0.15, -0.1) is 0 Å². The largest absolute Gasteiger partial charge is 0.383 e. The van der Waals surface area contributed by atoms with Crippen LogP contribution in [0.1, 0.15) is 6.42 Å². The number of allylic oxidation sites excluding steroid dienone is 1. The fourth-order valence-corrected chi connectivity index (χ4v) is 1.67. The molecule has 1 heterocycles. The Bertz CT molecular complexity index is 233. The minimum atomic E-state index is 1.09. The number of rotatable bonds is 3. The highest BCUT2D eigenvalue weighted by Gasteiger charge is 2.11. The van der Waals surface area contributed by atoms with Crippen LogP contribution in [0.5, 0.6) is 0 Å². The zero-order valence-corrected chi connectivity index (χ0v) is 10.2. The fraction of sp³-hybridized carbons (Fsp3) is 0.667. The molecule has 0 unspecified atom stereocenters. The second-order valence-electron chi connectivity index (χ2n) is 4.41. The molecule has 1 rings (SSSR count). The van der Waals surface area contributed by atoms with Crippen molar-refractivity contribution >= 4 is 0 Å². The Labute approximate surface area is 93.6 Å². The highest BCUT2D eigenvalue weighted by atomic mass is 15.2. The van der Waals surface area contributed by atoms with Crippen LogP contribution >= 0.6 is 0 Å². The third-order valence-corrected chi connectivity index (χ3v) is 2.69. The van der Waals surface area contributed by atoms with Crippen LogP contribution in [0.15, 0.2) is 24.6 Å². The lowest BCUT2D eigenvalue weighted by molar-refractivity contribution is 0.330. The molecule has 0 aromatic rings. The van der Waals surface area contributed by atoms with Crippen molar-refractivity contribution in [3.63, 3.8) is 0 Å². The molecule has 1 aliphatic rings. The van der Waals surface area contributed by atoms with Gasteiger partial charge < -0.3 is 14.7 Å². The summed E-state index contributed by atoms with van der Waals surface area (Å²) in [4.78, 5) is 6.78. The first kappa shape index (κ1) is 12.1. The molecule has 0 amide bonds. The van der Waals surface area contributed by atoms with E-state index < -0.39 is 0 Å². The van der Waals surface area contributed by atoms with Crippen LogP contribution in [-0.4, -0.2) is 62.0 Å². The van der Waals surface area contributed by atoms with Gasteiger partial charge in [0.05, 0.1) is 0 Å². The molecule has 0 aliphatic carbocycles. The Balaban J connectivity index is 2.45. The van der Waals surface area contributed by atoms with Gasteiger partial charge in [-0.2, -0.15) is 0 Å². The topological polar surface area (TPSA) is 9.72 Å². The lowest BCUT2D eigenvalue weighted by atomic mass is 10.3. The Morgan fingerprint density at radius 3 is 2.60 bits per heavy atom. The van der Waals surface area contributed by atoms with Gasteiger partial charge in [0.15, 0.2) is 0 Å². The highest BCUT2D eigenvalue weighted by Crippen LogP contribution is 2.08. The smallest absolute Gasteiger partial charge is 0.0308 e. The summed E-state index contributed by atoms with van der Waals surface area (Å²) in [6, 6.07) is 0. The number of nitrogens with zero attached hydrogens (tertiary/aromatic N) is 3. The van der Waals surface area contributed by atoms with Crippen LogP contribution in [0.3, 0.4) is 0 Å². The summed E-state index contributed by atoms with van der Waals surface area (Å²) in [6.07, 6.45) is 5.37. The van der Waals surface area contributed by atoms with Gasteiger partial charge in [0.25, 0.3) is 0 Å². The number of hydrogen-bond acceptors (Lipinski definition) is 3. The second kappa shape index (κ2) is 5.81. The van der Waals surface area contributed by atoms with Crippen LogP contribution < -0.4 is 0 Å². The van der Waals surface area contributed by atoms with E-state index in [0.717, 1.165) is 25.3 Å². The molecule has 0 atom stereocenters. The Morgan fingerprint density at radius 1 is 1.20 bits per heavy atom. The summed E-state index contributed by atoms with van der Waals surface area (Å²) in [6.45, 7) is 8.66. The zero-order valence-electron chi connectivity index (χ0n) is 10.2. The van der Waals surface area contributed by atoms with Crippen molar-refractivity contribution in [2.24, 2.45) is 0 Å². The van der Waals surface area contributed by atoms with Crippen molar-refractivity contribution in [1.29, 1.82) is 0 Å². The first-order chi connectivity index (χ1) is 7.09. The van der Waals surface area contributed by atoms with Gasteiger partial charge in [-0.25, -0.2) is 0 Å². The standard InChI is InChI=1S/C12H23N3/c1-12(6-9-13(2)3)15-8-5-7-14(4)10-11-15/h6,9H,1,5,7-8,10-11H2,2-4H3/b9-6-. The Hall–Kier alpha value is -0.960. The van der Waals surface area contributed by atoms with Crippen molar-refractivity contribution in [1.82, 2.24) is 14.7 Å². The van der Waals surface area contributed by atoms with Crippen molar-refractivity contribution < 1.29 is 0 Å². The van der Waals surface area contributed by atoms with Gasteiger partial charge in [0.2, 0.25) is 0 Å². The molecule has 0 radical (unpaired) electrons. The van der Waals surface area contributed by atoms with E-state index in [4.69, 9.17) is 0 Å². The van der Waals surface area contributed by atoms with Crippen LogP contribution in [0.2, 0.25) is 0 Å². The molecule has 0 spiro atoms. The predicted octanol–water partition coefficient (Wildman–Crippen LogP) is 1.21. The van der Waals surface area contributed by atoms with Crippen molar-refractivity contribution in [2.45, 2.75) is 6.42 Å². The number of hydrogen-bond donors (Lipinski definition) is 0. The third-order valence-electron chi connectivity index (χ3n) is 2.69. The summed E-state index contributed by atoms with van der Waals surface area (Å²) in [7, 11) is 6.24. The van der Waals surface area contributed by atoms with Gasteiger partial charge in [0.1, 0.15) is 0 Å². The molecule has 1 aliphatic heterocycles. The first-order valence-corrected chi connectivity index (χ1v) is 5.56. The molecule has 3 heteroatoms. The molecule has 0 bridgehead atoms. The van der Waals surface area contributed by atoms with Crippen LogP contribution in [0, 0.1) is 0 Å². The van der Waals surface area contributed by atoms with E-state index in [0.29, 0.717) is 0 Å². The molecule has 86 valence electrons. The van der Waals surface area contributed by atoms with E-state index >= 15 is 0 Å². The monoisotopic (exact) mass is 209 g/mol. The molecule has 0 aromatic heterocycles. The summed E-state index contributed by atoms with van der Waals surface area (Å²) in [5.41, 5.74) is 1.12. The summed E-state index contributed by atoms with van der Waals surface area (Å²) >= 11 is 0. The van der Waals surface area contributed by atoms with Gasteiger partial charge in [-0.05, 0) is 26.1 Å².